The minimum absolute atomic E-state index is 0.430. The number of hydrogen-bond acceptors (Lipinski definition) is 4. The fraction of sp³-hybridized carbons (Fsp3) is 0.538. The Bertz CT molecular complexity index is 339. The van der Waals surface area contributed by atoms with Crippen LogP contribution in [-0.4, -0.2) is 32.0 Å². The van der Waals surface area contributed by atoms with Crippen molar-refractivity contribution in [3.05, 3.63) is 29.8 Å². The number of ether oxygens (including phenoxy) is 2. The Labute approximate surface area is 102 Å². The molecule has 1 unspecified atom stereocenters. The van der Waals surface area contributed by atoms with E-state index < -0.39 is 5.60 Å². The summed E-state index contributed by atoms with van der Waals surface area (Å²) >= 11 is 0. The van der Waals surface area contributed by atoms with Crippen LogP contribution < -0.4 is 10.5 Å². The standard InChI is InChI=1S/C13H21NO3/c1-13(15,7-8-14)11-5-3-4-6-12(11)17-10-9-16-2/h3-6,15H,7-10,14H2,1-2H3. The van der Waals surface area contributed by atoms with Crippen LogP contribution in [0, 0.1) is 0 Å². The Kier molecular flexibility index (Phi) is 5.41. The summed E-state index contributed by atoms with van der Waals surface area (Å²) in [5.41, 5.74) is 5.31. The first-order valence-electron chi connectivity index (χ1n) is 5.75. The quantitative estimate of drug-likeness (QED) is 0.703. The monoisotopic (exact) mass is 239 g/mol. The van der Waals surface area contributed by atoms with Gasteiger partial charge in [-0.15, -0.1) is 0 Å². The summed E-state index contributed by atoms with van der Waals surface area (Å²) in [6.45, 7) is 3.16. The molecule has 0 saturated carbocycles. The van der Waals surface area contributed by atoms with E-state index in [9.17, 15) is 5.11 Å². The van der Waals surface area contributed by atoms with Crippen molar-refractivity contribution in [2.75, 3.05) is 26.9 Å². The maximum absolute atomic E-state index is 10.3. The van der Waals surface area contributed by atoms with Gasteiger partial charge in [-0.2, -0.15) is 0 Å². The third kappa shape index (κ3) is 4.00. The second-order valence-corrected chi connectivity index (χ2v) is 4.15. The summed E-state index contributed by atoms with van der Waals surface area (Å²) < 4.78 is 10.5. The second kappa shape index (κ2) is 6.59. The van der Waals surface area contributed by atoms with Gasteiger partial charge in [-0.05, 0) is 26.0 Å². The van der Waals surface area contributed by atoms with E-state index in [0.29, 0.717) is 31.9 Å². The van der Waals surface area contributed by atoms with E-state index in [0.717, 1.165) is 5.56 Å². The normalized spacial score (nSPS) is 14.4. The third-order valence-electron chi connectivity index (χ3n) is 2.64. The topological polar surface area (TPSA) is 64.7 Å². The van der Waals surface area contributed by atoms with Gasteiger partial charge < -0.3 is 20.3 Å². The van der Waals surface area contributed by atoms with Crippen LogP contribution in [0.25, 0.3) is 0 Å². The molecule has 0 aliphatic carbocycles. The number of rotatable bonds is 7. The minimum atomic E-state index is -0.960. The minimum Gasteiger partial charge on any atom is -0.491 e. The molecule has 0 bridgehead atoms. The van der Waals surface area contributed by atoms with Gasteiger partial charge in [0.15, 0.2) is 0 Å². The Balaban J connectivity index is 2.83. The molecule has 4 heteroatoms. The van der Waals surface area contributed by atoms with Gasteiger partial charge in [0.1, 0.15) is 12.4 Å². The van der Waals surface area contributed by atoms with Crippen LogP contribution in [-0.2, 0) is 10.3 Å². The van der Waals surface area contributed by atoms with Crippen molar-refractivity contribution in [3.8, 4) is 5.75 Å². The van der Waals surface area contributed by atoms with E-state index in [2.05, 4.69) is 0 Å². The smallest absolute Gasteiger partial charge is 0.125 e. The third-order valence-corrected chi connectivity index (χ3v) is 2.64. The van der Waals surface area contributed by atoms with E-state index in [1.54, 1.807) is 14.0 Å². The highest BCUT2D eigenvalue weighted by atomic mass is 16.5. The molecule has 1 aromatic rings. The van der Waals surface area contributed by atoms with Crippen LogP contribution in [0.3, 0.4) is 0 Å². The lowest BCUT2D eigenvalue weighted by molar-refractivity contribution is 0.0460. The Hall–Kier alpha value is -1.10. The summed E-state index contributed by atoms with van der Waals surface area (Å²) in [6, 6.07) is 7.46. The molecular weight excluding hydrogens is 218 g/mol. The molecule has 0 aromatic heterocycles. The molecule has 17 heavy (non-hydrogen) atoms. The molecule has 1 atom stereocenters. The zero-order valence-corrected chi connectivity index (χ0v) is 10.5. The average molecular weight is 239 g/mol. The van der Waals surface area contributed by atoms with Crippen LogP contribution in [0.4, 0.5) is 0 Å². The van der Waals surface area contributed by atoms with Gasteiger partial charge in [0.2, 0.25) is 0 Å². The van der Waals surface area contributed by atoms with Crippen molar-refractivity contribution in [1.82, 2.24) is 0 Å². The molecule has 0 radical (unpaired) electrons. The zero-order valence-electron chi connectivity index (χ0n) is 10.5. The number of para-hydroxylation sites is 1. The summed E-state index contributed by atoms with van der Waals surface area (Å²) in [6.07, 6.45) is 0.498. The highest BCUT2D eigenvalue weighted by Crippen LogP contribution is 2.31. The molecule has 0 aliphatic rings. The molecule has 3 N–H and O–H groups in total. The summed E-state index contributed by atoms with van der Waals surface area (Å²) in [4.78, 5) is 0. The van der Waals surface area contributed by atoms with Gasteiger partial charge in [0, 0.05) is 12.7 Å². The molecule has 96 valence electrons. The van der Waals surface area contributed by atoms with E-state index in [1.807, 2.05) is 24.3 Å². The van der Waals surface area contributed by atoms with E-state index in [4.69, 9.17) is 15.2 Å². The molecule has 0 aliphatic heterocycles. The average Bonchev–Trinajstić information content (AvgIpc) is 2.30. The van der Waals surface area contributed by atoms with Crippen molar-refractivity contribution in [3.63, 3.8) is 0 Å². The summed E-state index contributed by atoms with van der Waals surface area (Å²) in [5.74, 6) is 0.683. The molecule has 4 nitrogen and oxygen atoms in total. The number of nitrogens with two attached hydrogens (primary N) is 1. The van der Waals surface area contributed by atoms with Crippen LogP contribution in [0.5, 0.6) is 5.75 Å². The first-order chi connectivity index (χ1) is 8.11. The second-order valence-electron chi connectivity index (χ2n) is 4.15. The van der Waals surface area contributed by atoms with Crippen molar-refractivity contribution in [2.45, 2.75) is 18.9 Å². The molecule has 1 rings (SSSR count). The van der Waals surface area contributed by atoms with Crippen molar-refractivity contribution in [2.24, 2.45) is 5.73 Å². The van der Waals surface area contributed by atoms with Gasteiger partial charge in [-0.25, -0.2) is 0 Å². The van der Waals surface area contributed by atoms with Crippen LogP contribution in [0.2, 0.25) is 0 Å². The molecule has 0 fully saturated rings. The Morgan fingerprint density at radius 3 is 2.65 bits per heavy atom. The molecule has 0 heterocycles. The van der Waals surface area contributed by atoms with Crippen LogP contribution in [0.1, 0.15) is 18.9 Å². The highest BCUT2D eigenvalue weighted by molar-refractivity contribution is 5.37. The number of aliphatic hydroxyl groups is 1. The first-order valence-corrected chi connectivity index (χ1v) is 5.75. The number of methoxy groups -OCH3 is 1. The fourth-order valence-electron chi connectivity index (χ4n) is 1.69. The van der Waals surface area contributed by atoms with Gasteiger partial charge in [0.05, 0.1) is 12.2 Å². The SMILES string of the molecule is COCCOc1ccccc1C(C)(O)CCN. The predicted octanol–water partition coefficient (Wildman–Crippen LogP) is 1.27. The fourth-order valence-corrected chi connectivity index (χ4v) is 1.69. The number of hydrogen-bond donors (Lipinski definition) is 2. The Morgan fingerprint density at radius 1 is 1.29 bits per heavy atom. The first kappa shape index (κ1) is 14.0. The lowest BCUT2D eigenvalue weighted by Crippen LogP contribution is -2.26. The van der Waals surface area contributed by atoms with Crippen molar-refractivity contribution >= 4 is 0 Å². The zero-order chi connectivity index (χ0) is 12.7. The predicted molar refractivity (Wildman–Crippen MR) is 67.1 cm³/mol. The summed E-state index contributed by atoms with van der Waals surface area (Å²) in [5, 5.41) is 10.3. The van der Waals surface area contributed by atoms with Crippen LogP contribution in [0.15, 0.2) is 24.3 Å². The van der Waals surface area contributed by atoms with Crippen molar-refractivity contribution in [1.29, 1.82) is 0 Å². The molecule has 0 saturated heterocycles. The lowest BCUT2D eigenvalue weighted by Gasteiger charge is -2.25. The largest absolute Gasteiger partial charge is 0.491 e. The Morgan fingerprint density at radius 2 is 2.00 bits per heavy atom. The summed E-state index contributed by atoms with van der Waals surface area (Å²) in [7, 11) is 1.62. The van der Waals surface area contributed by atoms with Gasteiger partial charge in [-0.3, -0.25) is 0 Å². The maximum Gasteiger partial charge on any atom is 0.125 e. The molecular formula is C13H21NO3. The lowest BCUT2D eigenvalue weighted by atomic mass is 9.92. The van der Waals surface area contributed by atoms with Crippen LogP contribution >= 0.6 is 0 Å². The van der Waals surface area contributed by atoms with Crippen molar-refractivity contribution < 1.29 is 14.6 Å². The van der Waals surface area contributed by atoms with Gasteiger partial charge >= 0.3 is 0 Å². The number of benzene rings is 1. The van der Waals surface area contributed by atoms with E-state index in [1.165, 1.54) is 0 Å². The maximum atomic E-state index is 10.3. The van der Waals surface area contributed by atoms with Gasteiger partial charge in [0.25, 0.3) is 0 Å². The molecule has 1 aromatic carbocycles. The molecule has 0 amide bonds. The highest BCUT2D eigenvalue weighted by Gasteiger charge is 2.25. The van der Waals surface area contributed by atoms with E-state index in [-0.39, 0.29) is 0 Å². The van der Waals surface area contributed by atoms with E-state index >= 15 is 0 Å². The molecule has 0 spiro atoms. The van der Waals surface area contributed by atoms with Gasteiger partial charge in [-0.1, -0.05) is 18.2 Å².